The van der Waals surface area contributed by atoms with E-state index < -0.39 is 0 Å². The van der Waals surface area contributed by atoms with Gasteiger partial charge in [-0.1, -0.05) is 11.6 Å². The number of rotatable bonds is 7. The van der Waals surface area contributed by atoms with Crippen molar-refractivity contribution in [1.29, 1.82) is 0 Å². The van der Waals surface area contributed by atoms with Crippen LogP contribution >= 0.6 is 0 Å². The highest BCUT2D eigenvalue weighted by Crippen LogP contribution is 2.24. The number of hydrogen-bond donors (Lipinski definition) is 1. The number of aromatic nitrogens is 2. The number of hydrogen-bond acceptors (Lipinski definition) is 5. The summed E-state index contributed by atoms with van der Waals surface area (Å²) in [5.74, 6) is 1.35. The van der Waals surface area contributed by atoms with Crippen LogP contribution in [0.5, 0.6) is 0 Å². The Balaban J connectivity index is 1.43. The first-order valence-electron chi connectivity index (χ1n) is 8.81. The maximum Gasteiger partial charge on any atom is 0.129 e. The van der Waals surface area contributed by atoms with Gasteiger partial charge in [0.05, 0.1) is 12.3 Å². The fourth-order valence-corrected chi connectivity index (χ4v) is 3.31. The Morgan fingerprint density at radius 2 is 2.30 bits per heavy atom. The number of allylic oxidation sites excluding steroid dienone is 1. The van der Waals surface area contributed by atoms with Crippen LogP contribution in [0, 0.1) is 0 Å². The van der Waals surface area contributed by atoms with Gasteiger partial charge in [-0.25, -0.2) is 9.97 Å². The molecule has 0 spiro atoms. The predicted molar refractivity (Wildman–Crippen MR) is 92.7 cm³/mol. The summed E-state index contributed by atoms with van der Waals surface area (Å²) in [6, 6.07) is 2.07. The summed E-state index contributed by atoms with van der Waals surface area (Å²) in [4.78, 5) is 11.1. The minimum atomic E-state index is 0.430. The van der Waals surface area contributed by atoms with Crippen LogP contribution in [0.3, 0.4) is 0 Å². The summed E-state index contributed by atoms with van der Waals surface area (Å²) in [6.45, 7) is 4.65. The second-order valence-electron chi connectivity index (χ2n) is 6.66. The van der Waals surface area contributed by atoms with E-state index in [1.54, 1.807) is 11.9 Å². The number of nitrogens with zero attached hydrogens (tertiary/aromatic N) is 3. The van der Waals surface area contributed by atoms with Gasteiger partial charge >= 0.3 is 0 Å². The van der Waals surface area contributed by atoms with E-state index in [4.69, 9.17) is 4.74 Å². The first kappa shape index (κ1) is 16.4. The number of likely N-dealkylation sites (N-methyl/N-ethyl adjacent to an activating group) is 1. The molecule has 0 amide bonds. The lowest BCUT2D eigenvalue weighted by atomic mass is 9.99. The van der Waals surface area contributed by atoms with Crippen LogP contribution in [0.4, 0.5) is 5.82 Å². The van der Waals surface area contributed by atoms with Crippen molar-refractivity contribution in [3.63, 3.8) is 0 Å². The van der Waals surface area contributed by atoms with Crippen LogP contribution in [0.15, 0.2) is 24.0 Å². The Kier molecular flexibility index (Phi) is 6.00. The van der Waals surface area contributed by atoms with E-state index in [0.29, 0.717) is 5.92 Å². The predicted octanol–water partition coefficient (Wildman–Crippen LogP) is 2.82. The van der Waals surface area contributed by atoms with Crippen LogP contribution in [0.1, 0.15) is 43.7 Å². The molecule has 2 heterocycles. The molecule has 1 unspecified atom stereocenters. The molecule has 5 nitrogen and oxygen atoms in total. The highest BCUT2D eigenvalue weighted by atomic mass is 16.5. The van der Waals surface area contributed by atoms with Gasteiger partial charge in [-0.3, -0.25) is 0 Å². The summed E-state index contributed by atoms with van der Waals surface area (Å²) >= 11 is 0. The van der Waals surface area contributed by atoms with Gasteiger partial charge in [-0.05, 0) is 39.2 Å². The Bertz CT molecular complexity index is 526. The van der Waals surface area contributed by atoms with E-state index in [1.165, 1.54) is 25.7 Å². The third kappa shape index (κ3) is 5.01. The zero-order chi connectivity index (χ0) is 15.9. The van der Waals surface area contributed by atoms with Crippen molar-refractivity contribution in [1.82, 2.24) is 14.9 Å². The summed E-state index contributed by atoms with van der Waals surface area (Å²) in [5, 5.41) is 3.42. The minimum absolute atomic E-state index is 0.430. The largest absolute Gasteiger partial charge is 0.381 e. The van der Waals surface area contributed by atoms with Gasteiger partial charge in [-0.15, -0.1) is 0 Å². The van der Waals surface area contributed by atoms with E-state index in [0.717, 1.165) is 50.8 Å². The first-order valence-corrected chi connectivity index (χ1v) is 8.81. The van der Waals surface area contributed by atoms with Gasteiger partial charge in [-0.2, -0.15) is 0 Å². The molecule has 1 aromatic rings. The Labute approximate surface area is 139 Å². The van der Waals surface area contributed by atoms with Crippen LogP contribution in [0.25, 0.3) is 0 Å². The fourth-order valence-electron chi connectivity index (χ4n) is 3.31. The van der Waals surface area contributed by atoms with Crippen LogP contribution < -0.4 is 5.32 Å². The lowest BCUT2D eigenvalue weighted by Gasteiger charge is -2.21. The minimum Gasteiger partial charge on any atom is -0.381 e. The van der Waals surface area contributed by atoms with Crippen molar-refractivity contribution in [3.05, 3.63) is 29.7 Å². The Morgan fingerprint density at radius 1 is 1.35 bits per heavy atom. The third-order valence-corrected chi connectivity index (χ3v) is 4.69. The van der Waals surface area contributed by atoms with Gasteiger partial charge in [0.2, 0.25) is 0 Å². The Morgan fingerprint density at radius 3 is 3.09 bits per heavy atom. The fraction of sp³-hybridized carbons (Fsp3) is 0.667. The van der Waals surface area contributed by atoms with Crippen LogP contribution in [-0.4, -0.2) is 54.8 Å². The molecule has 1 atom stereocenters. The van der Waals surface area contributed by atoms with Gasteiger partial charge in [0.25, 0.3) is 0 Å². The van der Waals surface area contributed by atoms with Gasteiger partial charge in [0.15, 0.2) is 0 Å². The molecule has 2 aliphatic rings. The molecule has 0 saturated carbocycles. The molecule has 0 radical (unpaired) electrons. The molecule has 3 rings (SSSR count). The topological polar surface area (TPSA) is 50.3 Å². The highest BCUT2D eigenvalue weighted by Gasteiger charge is 2.19. The second kappa shape index (κ2) is 8.41. The van der Waals surface area contributed by atoms with E-state index in [-0.39, 0.29) is 0 Å². The maximum absolute atomic E-state index is 5.44. The number of ether oxygens (including phenoxy) is 1. The van der Waals surface area contributed by atoms with Crippen molar-refractivity contribution in [2.75, 3.05) is 45.2 Å². The van der Waals surface area contributed by atoms with Crippen molar-refractivity contribution in [2.24, 2.45) is 0 Å². The number of anilines is 1. The van der Waals surface area contributed by atoms with Crippen molar-refractivity contribution >= 4 is 5.82 Å². The number of nitrogens with one attached hydrogen (secondary N) is 1. The van der Waals surface area contributed by atoms with Crippen molar-refractivity contribution in [2.45, 2.75) is 38.0 Å². The zero-order valence-corrected chi connectivity index (χ0v) is 14.1. The molecular weight excluding hydrogens is 288 g/mol. The molecule has 1 fully saturated rings. The molecule has 0 aromatic carbocycles. The molecule has 1 saturated heterocycles. The lowest BCUT2D eigenvalue weighted by Crippen LogP contribution is -2.27. The molecule has 23 heavy (non-hydrogen) atoms. The second-order valence-corrected chi connectivity index (χ2v) is 6.66. The van der Waals surface area contributed by atoms with Gasteiger partial charge in [0.1, 0.15) is 12.1 Å². The first-order chi connectivity index (χ1) is 11.3. The molecule has 1 aromatic heterocycles. The zero-order valence-electron chi connectivity index (χ0n) is 14.1. The van der Waals surface area contributed by atoms with Crippen molar-refractivity contribution in [3.8, 4) is 0 Å². The average Bonchev–Trinajstić information content (AvgIpc) is 3.11. The average molecular weight is 316 g/mol. The van der Waals surface area contributed by atoms with Crippen molar-refractivity contribution < 1.29 is 4.74 Å². The summed E-state index contributed by atoms with van der Waals surface area (Å²) in [5.41, 5.74) is 2.70. The molecule has 126 valence electrons. The van der Waals surface area contributed by atoms with Crippen LogP contribution in [-0.2, 0) is 4.74 Å². The highest BCUT2D eigenvalue weighted by molar-refractivity contribution is 5.36. The quantitative estimate of drug-likeness (QED) is 0.784. The van der Waals surface area contributed by atoms with E-state index in [1.807, 2.05) is 0 Å². The summed E-state index contributed by atoms with van der Waals surface area (Å²) in [7, 11) is 2.19. The lowest BCUT2D eigenvalue weighted by molar-refractivity contribution is 0.193. The van der Waals surface area contributed by atoms with Crippen LogP contribution in [0.2, 0.25) is 0 Å². The molecule has 5 heteroatoms. The van der Waals surface area contributed by atoms with E-state index in [2.05, 4.69) is 39.4 Å². The van der Waals surface area contributed by atoms with Gasteiger partial charge in [0, 0.05) is 38.2 Å². The van der Waals surface area contributed by atoms with Gasteiger partial charge < -0.3 is 15.0 Å². The molecule has 1 aliphatic heterocycles. The maximum atomic E-state index is 5.44. The SMILES string of the molecule is CN(CCNc1cc(C2CCOC2)ncn1)CC1=CCCCC1. The third-order valence-electron chi connectivity index (χ3n) is 4.69. The van der Waals surface area contributed by atoms with E-state index >= 15 is 0 Å². The molecule has 0 bridgehead atoms. The standard InChI is InChI=1S/C18H28N4O/c1-22(12-15-5-3-2-4-6-15)9-8-19-18-11-17(20-14-21-18)16-7-10-23-13-16/h5,11,14,16H,2-4,6-10,12-13H2,1H3,(H,19,20,21). The smallest absolute Gasteiger partial charge is 0.129 e. The monoisotopic (exact) mass is 316 g/mol. The summed E-state index contributed by atoms with van der Waals surface area (Å²) < 4.78 is 5.44. The molecular formula is C18H28N4O. The molecule has 1 N–H and O–H groups in total. The normalized spacial score (nSPS) is 21.5. The van der Waals surface area contributed by atoms with E-state index in [9.17, 15) is 0 Å². The molecule has 1 aliphatic carbocycles. The summed E-state index contributed by atoms with van der Waals surface area (Å²) in [6.07, 6.45) is 10.4. The Hall–Kier alpha value is -1.46.